The molecule has 0 N–H and O–H groups in total. The van der Waals surface area contributed by atoms with Crippen LogP contribution in [0.25, 0.3) is 10.9 Å². The molecule has 3 rings (SSSR count). The average Bonchev–Trinajstić information content (AvgIpc) is 2.91. The minimum absolute atomic E-state index is 0.130. The second-order valence-corrected chi connectivity index (χ2v) is 5.79. The Hall–Kier alpha value is -2.08. The topological polar surface area (TPSA) is 60.7 Å². The van der Waals surface area contributed by atoms with E-state index in [9.17, 15) is 4.79 Å². The molecule has 0 bridgehead atoms. The Morgan fingerprint density at radius 3 is 2.85 bits per heavy atom. The standard InChI is InChI=1S/C14H14N4OS/c1-9(2)13-15-10(8-20-13)7-18-14(19)11-5-3-4-6-12(11)16-17-18/h3-6,8-9H,7H2,1-2H3. The minimum atomic E-state index is -0.130. The van der Waals surface area contributed by atoms with Gasteiger partial charge in [0.2, 0.25) is 0 Å². The van der Waals surface area contributed by atoms with E-state index in [1.54, 1.807) is 23.5 Å². The van der Waals surface area contributed by atoms with E-state index in [0.717, 1.165) is 10.7 Å². The molecule has 2 aromatic heterocycles. The molecule has 102 valence electrons. The maximum atomic E-state index is 12.3. The van der Waals surface area contributed by atoms with Crippen LogP contribution in [0, 0.1) is 0 Å². The van der Waals surface area contributed by atoms with Crippen molar-refractivity contribution in [3.8, 4) is 0 Å². The summed E-state index contributed by atoms with van der Waals surface area (Å²) in [6, 6.07) is 7.23. The van der Waals surface area contributed by atoms with Crippen molar-refractivity contribution in [3.63, 3.8) is 0 Å². The Kier molecular flexibility index (Phi) is 3.31. The van der Waals surface area contributed by atoms with Gasteiger partial charge in [0.05, 0.1) is 22.6 Å². The summed E-state index contributed by atoms with van der Waals surface area (Å²) in [6.45, 7) is 4.56. The molecule has 0 saturated carbocycles. The first-order valence-electron chi connectivity index (χ1n) is 6.42. The van der Waals surface area contributed by atoms with E-state index >= 15 is 0 Å². The van der Waals surface area contributed by atoms with Crippen molar-refractivity contribution in [1.82, 2.24) is 20.0 Å². The third-order valence-corrected chi connectivity index (χ3v) is 4.20. The highest BCUT2D eigenvalue weighted by molar-refractivity contribution is 7.09. The second kappa shape index (κ2) is 5.13. The van der Waals surface area contributed by atoms with Gasteiger partial charge in [-0.05, 0) is 12.1 Å². The molecular weight excluding hydrogens is 272 g/mol. The highest BCUT2D eigenvalue weighted by atomic mass is 32.1. The summed E-state index contributed by atoms with van der Waals surface area (Å²) < 4.78 is 1.36. The summed E-state index contributed by atoms with van der Waals surface area (Å²) in [4.78, 5) is 16.8. The Balaban J connectivity index is 1.98. The average molecular weight is 286 g/mol. The highest BCUT2D eigenvalue weighted by Gasteiger charge is 2.09. The lowest BCUT2D eigenvalue weighted by atomic mass is 10.2. The third kappa shape index (κ3) is 2.34. The number of fused-ring (bicyclic) bond motifs is 1. The fourth-order valence-corrected chi connectivity index (χ4v) is 2.77. The molecule has 0 radical (unpaired) electrons. The molecule has 0 aliphatic rings. The van der Waals surface area contributed by atoms with Crippen LogP contribution in [0.3, 0.4) is 0 Å². The van der Waals surface area contributed by atoms with Crippen molar-refractivity contribution >= 4 is 22.2 Å². The number of hydrogen-bond acceptors (Lipinski definition) is 5. The Morgan fingerprint density at radius 1 is 1.30 bits per heavy atom. The van der Waals surface area contributed by atoms with Crippen molar-refractivity contribution in [2.24, 2.45) is 0 Å². The van der Waals surface area contributed by atoms with Crippen LogP contribution in [0.15, 0.2) is 34.4 Å². The molecule has 5 nitrogen and oxygen atoms in total. The van der Waals surface area contributed by atoms with Gasteiger partial charge >= 0.3 is 0 Å². The van der Waals surface area contributed by atoms with E-state index in [1.165, 1.54) is 4.68 Å². The van der Waals surface area contributed by atoms with Crippen LogP contribution in [-0.2, 0) is 6.54 Å². The summed E-state index contributed by atoms with van der Waals surface area (Å²) in [5.41, 5.74) is 1.34. The normalized spacial score (nSPS) is 11.3. The zero-order valence-electron chi connectivity index (χ0n) is 11.3. The predicted molar refractivity (Wildman–Crippen MR) is 79.1 cm³/mol. The summed E-state index contributed by atoms with van der Waals surface area (Å²) in [7, 11) is 0. The molecule has 2 heterocycles. The zero-order valence-corrected chi connectivity index (χ0v) is 12.1. The molecule has 0 saturated heterocycles. The molecule has 0 amide bonds. The first kappa shape index (κ1) is 12.9. The number of thiazole rings is 1. The number of aromatic nitrogens is 4. The van der Waals surface area contributed by atoms with E-state index < -0.39 is 0 Å². The van der Waals surface area contributed by atoms with Crippen LogP contribution in [0.4, 0.5) is 0 Å². The van der Waals surface area contributed by atoms with Crippen LogP contribution < -0.4 is 5.56 Å². The maximum absolute atomic E-state index is 12.3. The maximum Gasteiger partial charge on any atom is 0.277 e. The number of hydrogen-bond donors (Lipinski definition) is 0. The van der Waals surface area contributed by atoms with Gasteiger partial charge in [-0.25, -0.2) is 9.67 Å². The summed E-state index contributed by atoms with van der Waals surface area (Å²) in [5.74, 6) is 0.396. The van der Waals surface area contributed by atoms with Crippen LogP contribution >= 0.6 is 11.3 Å². The first-order chi connectivity index (χ1) is 9.65. The van der Waals surface area contributed by atoms with Gasteiger partial charge in [-0.15, -0.1) is 16.4 Å². The van der Waals surface area contributed by atoms with Crippen LogP contribution in [0.2, 0.25) is 0 Å². The van der Waals surface area contributed by atoms with E-state index in [0.29, 0.717) is 23.4 Å². The monoisotopic (exact) mass is 286 g/mol. The Labute approximate surface area is 119 Å². The fourth-order valence-electron chi connectivity index (χ4n) is 1.94. The molecule has 0 spiro atoms. The van der Waals surface area contributed by atoms with Crippen molar-refractivity contribution in [2.75, 3.05) is 0 Å². The smallest absolute Gasteiger partial charge is 0.267 e. The van der Waals surface area contributed by atoms with Crippen molar-refractivity contribution in [1.29, 1.82) is 0 Å². The Morgan fingerprint density at radius 2 is 2.10 bits per heavy atom. The van der Waals surface area contributed by atoms with Crippen LogP contribution in [0.5, 0.6) is 0 Å². The fraction of sp³-hybridized carbons (Fsp3) is 0.286. The van der Waals surface area contributed by atoms with Crippen molar-refractivity contribution < 1.29 is 0 Å². The van der Waals surface area contributed by atoms with Gasteiger partial charge in [0, 0.05) is 11.3 Å². The van der Waals surface area contributed by atoms with Crippen molar-refractivity contribution in [3.05, 3.63) is 50.7 Å². The molecule has 0 unspecified atom stereocenters. The van der Waals surface area contributed by atoms with Gasteiger partial charge in [0.15, 0.2) is 0 Å². The molecule has 1 aromatic carbocycles. The van der Waals surface area contributed by atoms with E-state index in [1.807, 2.05) is 17.5 Å². The molecule has 0 aliphatic carbocycles. The summed E-state index contributed by atoms with van der Waals surface area (Å²) in [6.07, 6.45) is 0. The Bertz CT molecular complexity index is 806. The molecule has 0 fully saturated rings. The lowest BCUT2D eigenvalue weighted by Gasteiger charge is -2.02. The predicted octanol–water partition coefficient (Wildman–Crippen LogP) is 2.42. The van der Waals surface area contributed by atoms with Gasteiger partial charge in [-0.1, -0.05) is 31.2 Å². The molecule has 3 aromatic rings. The van der Waals surface area contributed by atoms with Gasteiger partial charge in [-0.2, -0.15) is 0 Å². The zero-order chi connectivity index (χ0) is 14.1. The van der Waals surface area contributed by atoms with Gasteiger partial charge < -0.3 is 0 Å². The lowest BCUT2D eigenvalue weighted by Crippen LogP contribution is -2.24. The molecule has 6 heteroatoms. The summed E-state index contributed by atoms with van der Waals surface area (Å²) >= 11 is 1.61. The van der Waals surface area contributed by atoms with E-state index in [2.05, 4.69) is 29.1 Å². The molecule has 0 atom stereocenters. The van der Waals surface area contributed by atoms with Crippen LogP contribution in [0.1, 0.15) is 30.5 Å². The van der Waals surface area contributed by atoms with E-state index in [4.69, 9.17) is 0 Å². The lowest BCUT2D eigenvalue weighted by molar-refractivity contribution is 0.592. The van der Waals surface area contributed by atoms with E-state index in [-0.39, 0.29) is 5.56 Å². The molecule has 20 heavy (non-hydrogen) atoms. The first-order valence-corrected chi connectivity index (χ1v) is 7.30. The number of nitrogens with zero attached hydrogens (tertiary/aromatic N) is 4. The quantitative estimate of drug-likeness (QED) is 0.742. The third-order valence-electron chi connectivity index (χ3n) is 3.00. The minimum Gasteiger partial charge on any atom is -0.267 e. The molecule has 0 aliphatic heterocycles. The largest absolute Gasteiger partial charge is 0.277 e. The van der Waals surface area contributed by atoms with Gasteiger partial charge in [-0.3, -0.25) is 4.79 Å². The highest BCUT2D eigenvalue weighted by Crippen LogP contribution is 2.19. The second-order valence-electron chi connectivity index (χ2n) is 4.90. The van der Waals surface area contributed by atoms with Crippen molar-refractivity contribution in [2.45, 2.75) is 26.3 Å². The molecular formula is C14H14N4OS. The number of rotatable bonds is 3. The van der Waals surface area contributed by atoms with Gasteiger partial charge in [0.25, 0.3) is 5.56 Å². The SMILES string of the molecule is CC(C)c1nc(Cn2nnc3ccccc3c2=O)cs1. The van der Waals surface area contributed by atoms with Crippen LogP contribution in [-0.4, -0.2) is 20.0 Å². The number of benzene rings is 1. The summed E-state index contributed by atoms with van der Waals surface area (Å²) in [5, 5.41) is 11.7. The van der Waals surface area contributed by atoms with Gasteiger partial charge in [0.1, 0.15) is 5.52 Å².